The van der Waals surface area contributed by atoms with Gasteiger partial charge in [-0.3, -0.25) is 0 Å². The van der Waals surface area contributed by atoms with E-state index in [1.807, 2.05) is 0 Å². The minimum atomic E-state index is -5.35. The Hall–Kier alpha value is -4.75. The number of alkyl halides is 6. The molecule has 40 heavy (non-hydrogen) atoms. The smallest absolute Gasteiger partial charge is 0.417 e. The summed E-state index contributed by atoms with van der Waals surface area (Å²) in [5.41, 5.74) is -2.51. The summed E-state index contributed by atoms with van der Waals surface area (Å²) in [7, 11) is 0. The minimum absolute atomic E-state index is 0.0273. The minimum Gasteiger partial charge on any atom is -0.417 e. The van der Waals surface area contributed by atoms with Gasteiger partial charge in [0.2, 0.25) is 0 Å². The van der Waals surface area contributed by atoms with E-state index in [9.17, 15) is 39.9 Å². The van der Waals surface area contributed by atoms with Gasteiger partial charge in [-0.25, -0.2) is 18.6 Å². The Labute approximate surface area is 218 Å². The van der Waals surface area contributed by atoms with E-state index in [4.69, 9.17) is 4.52 Å². The predicted octanol–water partition coefficient (Wildman–Crippen LogP) is 7.12. The van der Waals surface area contributed by atoms with Gasteiger partial charge in [0, 0.05) is 29.6 Å². The van der Waals surface area contributed by atoms with Crippen LogP contribution in [0.2, 0.25) is 0 Å². The average Bonchev–Trinajstić information content (AvgIpc) is 3.48. The van der Waals surface area contributed by atoms with Crippen molar-refractivity contribution in [2.24, 2.45) is 0 Å². The van der Waals surface area contributed by atoms with Gasteiger partial charge < -0.3 is 13.8 Å². The number of ether oxygens (including phenoxy) is 1. The highest BCUT2D eigenvalue weighted by molar-refractivity contribution is 5.88. The fraction of sp³-hybridized carbons (Fsp3) is 0.115. The van der Waals surface area contributed by atoms with Crippen LogP contribution in [0.15, 0.2) is 71.5 Å². The van der Waals surface area contributed by atoms with Crippen molar-refractivity contribution in [2.75, 3.05) is 0 Å². The summed E-state index contributed by atoms with van der Waals surface area (Å²) in [6.45, 7) is -0.182. The van der Waals surface area contributed by atoms with Crippen molar-refractivity contribution in [3.05, 3.63) is 89.9 Å². The largest absolute Gasteiger partial charge is 0.491 e. The predicted molar refractivity (Wildman–Crippen MR) is 122 cm³/mol. The van der Waals surface area contributed by atoms with Gasteiger partial charge in [0.05, 0.1) is 23.4 Å². The van der Waals surface area contributed by atoms with Crippen LogP contribution in [0.4, 0.5) is 35.1 Å². The first kappa shape index (κ1) is 26.8. The van der Waals surface area contributed by atoms with Crippen molar-refractivity contribution in [3.63, 3.8) is 0 Å². The molecular weight excluding hydrogens is 554 g/mol. The van der Waals surface area contributed by atoms with Crippen LogP contribution < -0.4 is 4.74 Å². The van der Waals surface area contributed by atoms with Crippen LogP contribution in [0.1, 0.15) is 11.3 Å². The van der Waals surface area contributed by atoms with Crippen LogP contribution in [0.25, 0.3) is 33.8 Å². The number of pyridine rings is 1. The Morgan fingerprint density at radius 2 is 1.65 bits per heavy atom. The first-order valence-corrected chi connectivity index (χ1v) is 11.2. The molecule has 3 aromatic rings. The lowest BCUT2D eigenvalue weighted by Crippen LogP contribution is -2.28. The maximum Gasteiger partial charge on any atom is 0.491 e. The molecular formula is C26H13F8N3O3. The van der Waals surface area contributed by atoms with E-state index in [-0.39, 0.29) is 40.5 Å². The third-order valence-electron chi connectivity index (χ3n) is 5.70. The van der Waals surface area contributed by atoms with Crippen molar-refractivity contribution in [1.82, 2.24) is 14.7 Å². The number of hydrogen-bond acceptors (Lipinski definition) is 5. The Morgan fingerprint density at radius 3 is 2.35 bits per heavy atom. The van der Waals surface area contributed by atoms with Gasteiger partial charge in [0.25, 0.3) is 0 Å². The lowest BCUT2D eigenvalue weighted by Gasteiger charge is -2.11. The van der Waals surface area contributed by atoms with E-state index in [1.165, 1.54) is 47.3 Å². The van der Waals surface area contributed by atoms with Crippen molar-refractivity contribution in [1.29, 1.82) is 0 Å². The molecule has 3 heterocycles. The van der Waals surface area contributed by atoms with E-state index in [0.717, 1.165) is 18.2 Å². The van der Waals surface area contributed by atoms with E-state index in [1.54, 1.807) is 0 Å². The molecule has 0 unspecified atom stereocenters. The van der Waals surface area contributed by atoms with Gasteiger partial charge in [-0.15, -0.1) is 0 Å². The monoisotopic (exact) mass is 567 g/mol. The Bertz CT molecular complexity index is 1690. The van der Waals surface area contributed by atoms with Crippen LogP contribution >= 0.6 is 0 Å². The summed E-state index contributed by atoms with van der Waals surface area (Å²) in [5, 5.41) is 3.63. The van der Waals surface area contributed by atoms with Crippen LogP contribution in [0.5, 0.6) is 5.75 Å². The second-order valence-electron chi connectivity index (χ2n) is 8.44. The van der Waals surface area contributed by atoms with Gasteiger partial charge in [-0.05, 0) is 36.4 Å². The Morgan fingerprint density at radius 1 is 0.900 bits per heavy atom. The first-order valence-electron chi connectivity index (χ1n) is 11.2. The Kier molecular flexibility index (Phi) is 6.56. The summed E-state index contributed by atoms with van der Waals surface area (Å²) < 4.78 is 118. The summed E-state index contributed by atoms with van der Waals surface area (Å²) in [6.07, 6.45) is -7.57. The van der Waals surface area contributed by atoms with E-state index in [2.05, 4.69) is 14.9 Å². The molecule has 2 aromatic carbocycles. The SMILES string of the molecule is O=C(Oc1c2cn(Cc3cc(-c4ccc(F)cc4C(F)(F)F)no3)ccc-2nc1-c1ccccc1F)C(F)(F)F. The van der Waals surface area contributed by atoms with Crippen LogP contribution in [0.3, 0.4) is 0 Å². The highest BCUT2D eigenvalue weighted by Crippen LogP contribution is 2.43. The van der Waals surface area contributed by atoms with Crippen LogP contribution in [-0.4, -0.2) is 26.9 Å². The van der Waals surface area contributed by atoms with Crippen molar-refractivity contribution in [2.45, 2.75) is 18.9 Å². The number of benzene rings is 2. The zero-order valence-corrected chi connectivity index (χ0v) is 19.6. The third kappa shape index (κ3) is 5.24. The van der Waals surface area contributed by atoms with Gasteiger partial charge in [0.15, 0.2) is 11.5 Å². The molecule has 0 spiro atoms. The number of hydrogen-bond donors (Lipinski definition) is 0. The highest BCUT2D eigenvalue weighted by Gasteiger charge is 2.43. The zero-order valence-electron chi connectivity index (χ0n) is 19.6. The standard InChI is InChI=1S/C26H13F8N3O3/c27-13-5-6-15(18(9-13)25(29,30)31)21-10-14(40-36-21)11-37-8-7-20-17(12-37)23(39-24(38)26(32,33)34)22(35-20)16-3-1-2-4-19(16)28/h1-10,12H,11H2. The number of aromatic nitrogens is 3. The number of carbonyl (C=O) groups is 1. The molecule has 1 aromatic heterocycles. The van der Waals surface area contributed by atoms with Crippen molar-refractivity contribution < 1.29 is 49.2 Å². The molecule has 0 saturated heterocycles. The Balaban J connectivity index is 1.53. The van der Waals surface area contributed by atoms with Gasteiger partial charge in [-0.1, -0.05) is 17.3 Å². The van der Waals surface area contributed by atoms with Crippen molar-refractivity contribution in [3.8, 4) is 39.5 Å². The number of nitrogens with zero attached hydrogens (tertiary/aromatic N) is 3. The van der Waals surface area contributed by atoms with Crippen molar-refractivity contribution >= 4 is 5.97 Å². The molecule has 0 fully saturated rings. The van der Waals surface area contributed by atoms with Gasteiger partial charge in [0.1, 0.15) is 23.0 Å². The van der Waals surface area contributed by atoms with Gasteiger partial charge >= 0.3 is 18.3 Å². The summed E-state index contributed by atoms with van der Waals surface area (Å²) in [6, 6.07) is 9.66. The molecule has 5 rings (SSSR count). The molecule has 0 atom stereocenters. The van der Waals surface area contributed by atoms with Crippen LogP contribution in [0, 0.1) is 11.6 Å². The zero-order chi connectivity index (χ0) is 28.8. The second kappa shape index (κ2) is 9.77. The summed E-state index contributed by atoms with van der Waals surface area (Å²) >= 11 is 0. The molecule has 2 aliphatic rings. The quantitative estimate of drug-likeness (QED) is 0.167. The van der Waals surface area contributed by atoms with Gasteiger partial charge in [-0.2, -0.15) is 26.3 Å². The first-order chi connectivity index (χ1) is 18.8. The number of esters is 1. The normalized spacial score (nSPS) is 12.2. The fourth-order valence-electron chi connectivity index (χ4n) is 3.96. The van der Waals surface area contributed by atoms with Crippen LogP contribution in [-0.2, 0) is 17.5 Å². The molecule has 0 saturated carbocycles. The van der Waals surface area contributed by atoms with E-state index in [0.29, 0.717) is 6.07 Å². The third-order valence-corrected chi connectivity index (χ3v) is 5.70. The molecule has 6 nitrogen and oxygen atoms in total. The number of carbonyl (C=O) groups excluding carboxylic acids is 1. The molecule has 0 amide bonds. The topological polar surface area (TPSA) is 70.2 Å². The maximum atomic E-state index is 14.5. The molecule has 2 aliphatic heterocycles. The lowest BCUT2D eigenvalue weighted by molar-refractivity contribution is -0.189. The molecule has 0 bridgehead atoms. The number of fused-ring (bicyclic) bond motifs is 1. The highest BCUT2D eigenvalue weighted by atomic mass is 19.4. The average molecular weight is 567 g/mol. The lowest BCUT2D eigenvalue weighted by atomic mass is 10.0. The van der Waals surface area contributed by atoms with E-state index < -0.39 is 46.8 Å². The number of rotatable bonds is 5. The molecule has 0 radical (unpaired) electrons. The second-order valence-corrected chi connectivity index (χ2v) is 8.44. The fourth-order valence-corrected chi connectivity index (χ4v) is 3.96. The summed E-state index contributed by atoms with van der Waals surface area (Å²) in [4.78, 5) is 15.8. The molecule has 206 valence electrons. The summed E-state index contributed by atoms with van der Waals surface area (Å²) in [5.74, 6) is -5.08. The van der Waals surface area contributed by atoms with E-state index >= 15 is 0 Å². The number of halogens is 8. The molecule has 0 aliphatic carbocycles. The molecule has 14 heteroatoms. The maximum absolute atomic E-state index is 14.5. The molecule has 0 N–H and O–H groups in total.